The molecule has 2 heteroatoms. The van der Waals surface area contributed by atoms with Crippen molar-refractivity contribution in [3.05, 3.63) is 29.0 Å². The molecule has 1 aromatic heterocycles. The van der Waals surface area contributed by atoms with Gasteiger partial charge < -0.3 is 0 Å². The summed E-state index contributed by atoms with van der Waals surface area (Å²) in [5.74, 6) is 0. The molecule has 0 fully saturated rings. The highest BCUT2D eigenvalue weighted by atomic mass is 35.5. The van der Waals surface area contributed by atoms with Crippen molar-refractivity contribution in [2.75, 3.05) is 0 Å². The maximum absolute atomic E-state index is 5.56. The van der Waals surface area contributed by atoms with Crippen LogP contribution in [-0.4, -0.2) is 0 Å². The van der Waals surface area contributed by atoms with Gasteiger partial charge in [-0.1, -0.05) is 0 Å². The Hall–Kier alpha value is -0.560. The minimum Gasteiger partial charge on any atom is -0.201 e. The van der Waals surface area contributed by atoms with Crippen LogP contribution in [0.4, 0.5) is 0 Å². The number of aromatic nitrogens is 1. The second-order valence-corrected chi connectivity index (χ2v) is 2.12. The topological polar surface area (TPSA) is 14.1 Å². The summed E-state index contributed by atoms with van der Waals surface area (Å²) in [6, 6.07) is 3.79. The van der Waals surface area contributed by atoms with Gasteiger partial charge in [0.1, 0.15) is 0 Å². The number of H-pyrrole nitrogens is 1. The number of halogens is 1. The number of hydrogen-bond donors (Lipinski definition) is 0. The highest BCUT2D eigenvalue weighted by molar-refractivity contribution is 6.28. The minimum atomic E-state index is 0.676. The summed E-state index contributed by atoms with van der Waals surface area (Å²) in [4.78, 5) is 2.86. The molecule has 1 N–H and O–H groups in total. The monoisotopic (exact) mass is 128 g/mol. The number of nitrogens with one attached hydrogen (secondary N) is 1. The smallest absolute Gasteiger partial charge is 0.201 e. The van der Waals surface area contributed by atoms with Gasteiger partial charge in [0, 0.05) is 11.6 Å². The maximum Gasteiger partial charge on any atom is 0.273 e. The van der Waals surface area contributed by atoms with Crippen LogP contribution in [0, 0.1) is 6.92 Å². The quantitative estimate of drug-likeness (QED) is 0.470. The molecule has 1 nitrogen and oxygen atoms in total. The molecule has 1 rings (SSSR count). The number of rotatable bonds is 0. The van der Waals surface area contributed by atoms with Crippen LogP contribution in [0.1, 0.15) is 5.56 Å². The molecule has 42 valence electrons. The van der Waals surface area contributed by atoms with Crippen molar-refractivity contribution in [3.63, 3.8) is 0 Å². The van der Waals surface area contributed by atoms with Gasteiger partial charge in [-0.05, 0) is 24.6 Å². The molecule has 0 saturated carbocycles. The van der Waals surface area contributed by atoms with Crippen LogP contribution in [-0.2, 0) is 0 Å². The SMILES string of the molecule is Cc1ccc(Cl)[nH+]c1. The molecule has 0 aromatic carbocycles. The van der Waals surface area contributed by atoms with Gasteiger partial charge in [-0.3, -0.25) is 0 Å². The molecular formula is C6H7ClN+. The molecule has 0 spiro atoms. The van der Waals surface area contributed by atoms with Crippen molar-refractivity contribution in [1.82, 2.24) is 0 Å². The summed E-state index contributed by atoms with van der Waals surface area (Å²) in [6.07, 6.45) is 1.86. The van der Waals surface area contributed by atoms with Gasteiger partial charge in [-0.25, -0.2) is 4.98 Å². The fourth-order valence-corrected chi connectivity index (χ4v) is 0.601. The first-order chi connectivity index (χ1) is 3.79. The summed E-state index contributed by atoms with van der Waals surface area (Å²) in [6.45, 7) is 2.01. The van der Waals surface area contributed by atoms with Gasteiger partial charge in [-0.2, -0.15) is 0 Å². The van der Waals surface area contributed by atoms with E-state index in [1.54, 1.807) is 0 Å². The first-order valence-electron chi connectivity index (χ1n) is 2.43. The van der Waals surface area contributed by atoms with E-state index in [9.17, 15) is 0 Å². The first-order valence-corrected chi connectivity index (χ1v) is 2.80. The molecule has 0 atom stereocenters. The first kappa shape index (κ1) is 5.57. The fraction of sp³-hybridized carbons (Fsp3) is 0.167. The predicted molar refractivity (Wildman–Crippen MR) is 32.7 cm³/mol. The molecule has 0 amide bonds. The zero-order valence-corrected chi connectivity index (χ0v) is 5.37. The van der Waals surface area contributed by atoms with Crippen molar-refractivity contribution in [3.8, 4) is 0 Å². The third kappa shape index (κ3) is 1.20. The van der Waals surface area contributed by atoms with Crippen LogP contribution in [0.5, 0.6) is 0 Å². The maximum atomic E-state index is 5.56. The zero-order chi connectivity index (χ0) is 5.98. The summed E-state index contributed by atoms with van der Waals surface area (Å²) in [7, 11) is 0. The van der Waals surface area contributed by atoms with E-state index < -0.39 is 0 Å². The second kappa shape index (κ2) is 2.14. The normalized spacial score (nSPS) is 9.25. The average Bonchev–Trinajstić information content (AvgIpc) is 1.77. The number of hydrogen-bond acceptors (Lipinski definition) is 0. The molecule has 0 aliphatic rings. The molecule has 1 heterocycles. The number of aromatic amines is 1. The summed E-state index contributed by atoms with van der Waals surface area (Å²) in [5.41, 5.74) is 1.19. The van der Waals surface area contributed by atoms with Gasteiger partial charge in [0.05, 0.1) is 0 Å². The summed E-state index contributed by atoms with van der Waals surface area (Å²) in [5, 5.41) is 0.676. The lowest BCUT2D eigenvalue weighted by atomic mass is 10.3. The van der Waals surface area contributed by atoms with Crippen LogP contribution in [0.2, 0.25) is 5.15 Å². The van der Waals surface area contributed by atoms with E-state index in [4.69, 9.17) is 11.6 Å². The van der Waals surface area contributed by atoms with Crippen molar-refractivity contribution in [2.24, 2.45) is 0 Å². The highest BCUT2D eigenvalue weighted by Gasteiger charge is 1.90. The van der Waals surface area contributed by atoms with Crippen LogP contribution < -0.4 is 4.98 Å². The molecule has 0 bridgehead atoms. The molecule has 0 unspecified atom stereocenters. The Labute approximate surface area is 53.3 Å². The lowest BCUT2D eigenvalue weighted by Gasteiger charge is -1.80. The zero-order valence-electron chi connectivity index (χ0n) is 4.61. The third-order valence-electron chi connectivity index (χ3n) is 0.930. The fourth-order valence-electron chi connectivity index (χ4n) is 0.484. The van der Waals surface area contributed by atoms with Crippen molar-refractivity contribution < 1.29 is 4.98 Å². The van der Waals surface area contributed by atoms with Crippen LogP contribution in [0.3, 0.4) is 0 Å². The lowest BCUT2D eigenvalue weighted by molar-refractivity contribution is -0.376. The molecule has 0 radical (unpaired) electrons. The van der Waals surface area contributed by atoms with Gasteiger partial charge in [0.2, 0.25) is 0 Å². The Morgan fingerprint density at radius 2 is 2.25 bits per heavy atom. The van der Waals surface area contributed by atoms with E-state index in [0.717, 1.165) is 0 Å². The molecule has 0 aliphatic carbocycles. The molecule has 0 aliphatic heterocycles. The van der Waals surface area contributed by atoms with Crippen molar-refractivity contribution in [1.29, 1.82) is 0 Å². The third-order valence-corrected chi connectivity index (χ3v) is 1.17. The van der Waals surface area contributed by atoms with Gasteiger partial charge in [-0.15, -0.1) is 0 Å². The van der Waals surface area contributed by atoms with Crippen molar-refractivity contribution >= 4 is 11.6 Å². The standard InChI is InChI=1S/C6H6ClN/c1-5-2-3-6(7)8-4-5/h2-4H,1H3/p+1. The van der Waals surface area contributed by atoms with E-state index >= 15 is 0 Å². The summed E-state index contributed by atoms with van der Waals surface area (Å²) < 4.78 is 0. The van der Waals surface area contributed by atoms with Gasteiger partial charge in [0.25, 0.3) is 5.15 Å². The Bertz CT molecular complexity index is 147. The Morgan fingerprint density at radius 1 is 1.50 bits per heavy atom. The molecule has 1 aromatic rings. The second-order valence-electron chi connectivity index (χ2n) is 1.71. The Morgan fingerprint density at radius 3 is 2.62 bits per heavy atom. The van der Waals surface area contributed by atoms with Gasteiger partial charge in [0.15, 0.2) is 6.20 Å². The number of aryl methyl sites for hydroxylation is 1. The van der Waals surface area contributed by atoms with Gasteiger partial charge >= 0.3 is 0 Å². The van der Waals surface area contributed by atoms with E-state index in [2.05, 4.69) is 4.98 Å². The Kier molecular flexibility index (Phi) is 1.49. The van der Waals surface area contributed by atoms with Crippen LogP contribution in [0.25, 0.3) is 0 Å². The molecule has 8 heavy (non-hydrogen) atoms. The molecular weight excluding hydrogens is 122 g/mol. The van der Waals surface area contributed by atoms with Crippen molar-refractivity contribution in [2.45, 2.75) is 6.92 Å². The van der Waals surface area contributed by atoms with Crippen LogP contribution >= 0.6 is 11.6 Å². The van der Waals surface area contributed by atoms with E-state index in [1.807, 2.05) is 25.3 Å². The summed E-state index contributed by atoms with van der Waals surface area (Å²) >= 11 is 5.56. The molecule has 0 saturated heterocycles. The average molecular weight is 129 g/mol. The Balaban J connectivity index is 3.03. The predicted octanol–water partition coefficient (Wildman–Crippen LogP) is 1.46. The van der Waals surface area contributed by atoms with E-state index in [-0.39, 0.29) is 0 Å². The highest BCUT2D eigenvalue weighted by Crippen LogP contribution is 1.97. The lowest BCUT2D eigenvalue weighted by Crippen LogP contribution is -2.01. The minimum absolute atomic E-state index is 0.676. The van der Waals surface area contributed by atoms with E-state index in [1.165, 1.54) is 5.56 Å². The number of pyridine rings is 1. The van der Waals surface area contributed by atoms with Crippen LogP contribution in [0.15, 0.2) is 18.3 Å². The largest absolute Gasteiger partial charge is 0.273 e. The van der Waals surface area contributed by atoms with E-state index in [0.29, 0.717) is 5.15 Å².